The van der Waals surface area contributed by atoms with Gasteiger partial charge in [-0.05, 0) is 32.0 Å². The Morgan fingerprint density at radius 2 is 1.64 bits per heavy atom. The van der Waals surface area contributed by atoms with E-state index < -0.39 is 5.97 Å². The van der Waals surface area contributed by atoms with E-state index in [1.54, 1.807) is 12.1 Å². The van der Waals surface area contributed by atoms with Crippen LogP contribution in [-0.2, 0) is 10.4 Å². The lowest BCUT2D eigenvalue weighted by atomic mass is 9.88. The third-order valence-electron chi connectivity index (χ3n) is 5.46. The molecule has 0 spiro atoms. The number of hydrogen-bond donors (Lipinski definition) is 0. The van der Waals surface area contributed by atoms with Crippen LogP contribution in [0.3, 0.4) is 0 Å². The first-order chi connectivity index (χ1) is 13.6. The summed E-state index contributed by atoms with van der Waals surface area (Å²) in [4.78, 5) is 17.7. The Hall–Kier alpha value is -3.40. The SMILES string of the molecule is CC1(C)C/C(=N\OC(=O)c2ccccc2)c2cccc3c4ccccc4n1c23. The molecule has 4 aromatic rings. The van der Waals surface area contributed by atoms with Crippen LogP contribution in [0.1, 0.15) is 36.2 Å². The molecule has 0 radical (unpaired) electrons. The fourth-order valence-corrected chi connectivity index (χ4v) is 4.27. The molecule has 4 nitrogen and oxygen atoms in total. The van der Waals surface area contributed by atoms with Gasteiger partial charge < -0.3 is 9.40 Å². The van der Waals surface area contributed by atoms with E-state index in [0.717, 1.165) is 16.8 Å². The van der Waals surface area contributed by atoms with Gasteiger partial charge in [-0.3, -0.25) is 0 Å². The van der Waals surface area contributed by atoms with E-state index in [0.29, 0.717) is 12.0 Å². The number of carbonyl (C=O) groups excluding carboxylic acids is 1. The lowest BCUT2D eigenvalue weighted by molar-refractivity contribution is 0.0514. The molecule has 0 saturated carbocycles. The van der Waals surface area contributed by atoms with Crippen LogP contribution >= 0.6 is 0 Å². The van der Waals surface area contributed by atoms with E-state index in [1.807, 2.05) is 24.3 Å². The first kappa shape index (κ1) is 16.8. The summed E-state index contributed by atoms with van der Waals surface area (Å²) in [5.41, 5.74) is 4.50. The van der Waals surface area contributed by atoms with Crippen molar-refractivity contribution in [2.24, 2.45) is 5.16 Å². The Morgan fingerprint density at radius 1 is 0.929 bits per heavy atom. The highest BCUT2D eigenvalue weighted by Crippen LogP contribution is 2.41. The molecular formula is C24H20N2O2. The van der Waals surface area contributed by atoms with E-state index in [2.05, 4.69) is 60.0 Å². The van der Waals surface area contributed by atoms with Gasteiger partial charge in [0.2, 0.25) is 0 Å². The molecule has 0 aliphatic carbocycles. The summed E-state index contributed by atoms with van der Waals surface area (Å²) in [5.74, 6) is -0.441. The predicted octanol–water partition coefficient (Wildman–Crippen LogP) is 5.49. The van der Waals surface area contributed by atoms with Gasteiger partial charge in [0.25, 0.3) is 0 Å². The van der Waals surface area contributed by atoms with E-state index in [9.17, 15) is 4.79 Å². The molecule has 0 atom stereocenters. The van der Waals surface area contributed by atoms with Crippen LogP contribution in [0.25, 0.3) is 21.8 Å². The largest absolute Gasteiger partial charge is 0.365 e. The second kappa shape index (κ2) is 6.06. The Morgan fingerprint density at radius 3 is 2.46 bits per heavy atom. The molecule has 2 heterocycles. The monoisotopic (exact) mass is 368 g/mol. The van der Waals surface area contributed by atoms with E-state index in [4.69, 9.17) is 4.84 Å². The maximum absolute atomic E-state index is 12.3. The second-order valence-corrected chi connectivity index (χ2v) is 7.83. The third kappa shape index (κ3) is 2.45. The molecule has 1 aromatic heterocycles. The summed E-state index contributed by atoms with van der Waals surface area (Å²) in [6.07, 6.45) is 0.680. The molecule has 5 rings (SSSR count). The highest BCUT2D eigenvalue weighted by Gasteiger charge is 2.34. The lowest BCUT2D eigenvalue weighted by Crippen LogP contribution is -2.34. The number of oxime groups is 1. The summed E-state index contributed by atoms with van der Waals surface area (Å²) >= 11 is 0. The number of para-hydroxylation sites is 2. The summed E-state index contributed by atoms with van der Waals surface area (Å²) in [5, 5.41) is 6.73. The van der Waals surface area contributed by atoms with Crippen molar-refractivity contribution in [1.29, 1.82) is 0 Å². The maximum atomic E-state index is 12.3. The van der Waals surface area contributed by atoms with Crippen LogP contribution in [-0.4, -0.2) is 16.2 Å². The van der Waals surface area contributed by atoms with E-state index >= 15 is 0 Å². The smallest absolute Gasteiger partial charge is 0.334 e. The highest BCUT2D eigenvalue weighted by atomic mass is 16.7. The molecule has 28 heavy (non-hydrogen) atoms. The molecular weight excluding hydrogens is 348 g/mol. The molecule has 3 aromatic carbocycles. The Kier molecular flexibility index (Phi) is 3.63. The zero-order valence-corrected chi connectivity index (χ0v) is 15.8. The van der Waals surface area contributed by atoms with Gasteiger partial charge >= 0.3 is 5.97 Å². The lowest BCUT2D eigenvalue weighted by Gasteiger charge is -2.34. The third-order valence-corrected chi connectivity index (χ3v) is 5.46. The molecule has 138 valence electrons. The molecule has 0 fully saturated rings. The van der Waals surface area contributed by atoms with Crippen molar-refractivity contribution < 1.29 is 9.63 Å². The average molecular weight is 368 g/mol. The van der Waals surface area contributed by atoms with Gasteiger partial charge in [0.05, 0.1) is 16.8 Å². The molecule has 1 aliphatic heterocycles. The standard InChI is InChI=1S/C24H20N2O2/c1-24(2)15-20(25-28-23(27)16-9-4-3-5-10-16)19-13-8-12-18-17-11-6-7-14-21(17)26(24)22(18)19/h3-14H,15H2,1-2H3/b25-20+. The zero-order valence-electron chi connectivity index (χ0n) is 15.8. The van der Waals surface area contributed by atoms with Crippen molar-refractivity contribution in [1.82, 2.24) is 4.57 Å². The van der Waals surface area contributed by atoms with Gasteiger partial charge in [0.1, 0.15) is 0 Å². The van der Waals surface area contributed by atoms with Crippen LogP contribution in [0.15, 0.2) is 78.0 Å². The molecule has 0 amide bonds. The Labute approximate surface area is 163 Å². The van der Waals surface area contributed by atoms with Crippen LogP contribution in [0.5, 0.6) is 0 Å². The molecule has 1 aliphatic rings. The van der Waals surface area contributed by atoms with Crippen molar-refractivity contribution >= 4 is 33.5 Å². The topological polar surface area (TPSA) is 43.6 Å². The number of nitrogens with zero attached hydrogens (tertiary/aromatic N) is 2. The van der Waals surface area contributed by atoms with E-state index in [-0.39, 0.29) is 5.54 Å². The van der Waals surface area contributed by atoms with Crippen LogP contribution in [0, 0.1) is 0 Å². The van der Waals surface area contributed by atoms with Crippen molar-refractivity contribution in [2.75, 3.05) is 0 Å². The van der Waals surface area contributed by atoms with Crippen molar-refractivity contribution in [3.05, 3.63) is 83.9 Å². The second-order valence-electron chi connectivity index (χ2n) is 7.83. The summed E-state index contributed by atoms with van der Waals surface area (Å²) < 4.78 is 2.39. The molecule has 0 unspecified atom stereocenters. The van der Waals surface area contributed by atoms with Gasteiger partial charge in [-0.1, -0.05) is 59.8 Å². The molecule has 0 N–H and O–H groups in total. The van der Waals surface area contributed by atoms with Crippen molar-refractivity contribution in [2.45, 2.75) is 25.8 Å². The first-order valence-corrected chi connectivity index (χ1v) is 9.42. The summed E-state index contributed by atoms with van der Waals surface area (Å²) in [6.45, 7) is 4.40. The fraction of sp³-hybridized carbons (Fsp3) is 0.167. The Bertz CT molecular complexity index is 1250. The fourth-order valence-electron chi connectivity index (χ4n) is 4.27. The van der Waals surface area contributed by atoms with Gasteiger partial charge in [-0.15, -0.1) is 0 Å². The van der Waals surface area contributed by atoms with Crippen molar-refractivity contribution in [3.8, 4) is 0 Å². The van der Waals surface area contributed by atoms with Gasteiger partial charge in [-0.25, -0.2) is 4.79 Å². The summed E-state index contributed by atoms with van der Waals surface area (Å²) in [7, 11) is 0. The van der Waals surface area contributed by atoms with Gasteiger partial charge in [-0.2, -0.15) is 0 Å². The van der Waals surface area contributed by atoms with Gasteiger partial charge in [0, 0.05) is 33.8 Å². The number of aromatic nitrogens is 1. The van der Waals surface area contributed by atoms with Crippen LogP contribution in [0.2, 0.25) is 0 Å². The number of carbonyl (C=O) groups is 1. The minimum Gasteiger partial charge on any atom is -0.334 e. The van der Waals surface area contributed by atoms with E-state index in [1.165, 1.54) is 16.3 Å². The summed E-state index contributed by atoms with van der Waals surface area (Å²) in [6, 6.07) is 23.7. The highest BCUT2D eigenvalue weighted by molar-refractivity contribution is 6.19. The quantitative estimate of drug-likeness (QED) is 0.347. The predicted molar refractivity (Wildman–Crippen MR) is 112 cm³/mol. The normalized spacial score (nSPS) is 16.6. The zero-order chi connectivity index (χ0) is 19.3. The first-order valence-electron chi connectivity index (χ1n) is 9.42. The minimum absolute atomic E-state index is 0.187. The minimum atomic E-state index is -0.441. The average Bonchev–Trinajstić information content (AvgIpc) is 3.07. The van der Waals surface area contributed by atoms with Crippen molar-refractivity contribution in [3.63, 3.8) is 0 Å². The van der Waals surface area contributed by atoms with Gasteiger partial charge in [0.15, 0.2) is 0 Å². The van der Waals surface area contributed by atoms with Crippen LogP contribution in [0.4, 0.5) is 0 Å². The number of hydrogen-bond acceptors (Lipinski definition) is 3. The maximum Gasteiger partial charge on any atom is 0.365 e. The molecule has 0 bridgehead atoms. The number of benzene rings is 3. The number of fused-ring (bicyclic) bond motifs is 3. The molecule has 0 saturated heterocycles. The number of rotatable bonds is 2. The Balaban J connectivity index is 1.67. The molecule has 4 heteroatoms. The van der Waals surface area contributed by atoms with Crippen LogP contribution < -0.4 is 0 Å².